The summed E-state index contributed by atoms with van der Waals surface area (Å²) in [7, 11) is 0. The molecule has 3 heteroatoms. The maximum Gasteiger partial charge on any atom is 0.120 e. The van der Waals surface area contributed by atoms with Gasteiger partial charge in [0.25, 0.3) is 0 Å². The molecule has 96 valence electrons. The average molecular weight is 253 g/mol. The van der Waals surface area contributed by atoms with Gasteiger partial charge < -0.3 is 14.8 Å². The maximum atomic E-state index is 9.26. The Kier molecular flexibility index (Phi) is 3.21. The van der Waals surface area contributed by atoms with E-state index >= 15 is 0 Å². The van der Waals surface area contributed by atoms with E-state index in [1.165, 1.54) is 0 Å². The minimum Gasteiger partial charge on any atom is -0.489 e. The zero-order valence-corrected chi connectivity index (χ0v) is 10.5. The van der Waals surface area contributed by atoms with E-state index in [0.29, 0.717) is 6.61 Å². The monoisotopic (exact) mass is 253 g/mol. The highest BCUT2D eigenvalue weighted by molar-refractivity contribution is 5.84. The third kappa shape index (κ3) is 2.46. The van der Waals surface area contributed by atoms with Crippen LogP contribution in [0.15, 0.2) is 54.7 Å². The number of rotatable bonds is 4. The lowest BCUT2D eigenvalue weighted by Crippen LogP contribution is -1.94. The molecule has 0 radical (unpaired) electrons. The fraction of sp³-hybridized carbons (Fsp3) is 0.125. The van der Waals surface area contributed by atoms with Crippen molar-refractivity contribution in [2.45, 2.75) is 13.2 Å². The number of aliphatic hydroxyl groups is 1. The molecule has 2 aromatic carbocycles. The highest BCUT2D eigenvalue weighted by Gasteiger charge is 2.04. The maximum absolute atomic E-state index is 9.26. The first-order chi connectivity index (χ1) is 9.36. The quantitative estimate of drug-likeness (QED) is 0.749. The second-order valence-corrected chi connectivity index (χ2v) is 4.45. The SMILES string of the molecule is OCc1c[nH]c2ccc(OCc3ccccc3)cc12. The Morgan fingerprint density at radius 2 is 1.89 bits per heavy atom. The number of hydrogen-bond donors (Lipinski definition) is 2. The predicted octanol–water partition coefficient (Wildman–Crippen LogP) is 3.24. The Balaban J connectivity index is 1.81. The largest absolute Gasteiger partial charge is 0.489 e. The Bertz CT molecular complexity index is 674. The molecule has 0 saturated heterocycles. The summed E-state index contributed by atoms with van der Waals surface area (Å²) < 4.78 is 5.77. The topological polar surface area (TPSA) is 45.2 Å². The zero-order chi connectivity index (χ0) is 13.1. The van der Waals surface area contributed by atoms with Crippen LogP contribution >= 0.6 is 0 Å². The fourth-order valence-corrected chi connectivity index (χ4v) is 2.12. The molecule has 0 saturated carbocycles. The summed E-state index contributed by atoms with van der Waals surface area (Å²) in [6, 6.07) is 15.9. The van der Waals surface area contributed by atoms with Gasteiger partial charge in [0.2, 0.25) is 0 Å². The van der Waals surface area contributed by atoms with Gasteiger partial charge in [-0.3, -0.25) is 0 Å². The fourth-order valence-electron chi connectivity index (χ4n) is 2.12. The van der Waals surface area contributed by atoms with Crippen LogP contribution in [-0.2, 0) is 13.2 Å². The summed E-state index contributed by atoms with van der Waals surface area (Å²) >= 11 is 0. The number of aromatic nitrogens is 1. The van der Waals surface area contributed by atoms with Crippen LogP contribution < -0.4 is 4.74 Å². The zero-order valence-electron chi connectivity index (χ0n) is 10.5. The molecule has 0 amide bonds. The number of aliphatic hydroxyl groups excluding tert-OH is 1. The first-order valence-corrected chi connectivity index (χ1v) is 6.24. The molecular weight excluding hydrogens is 238 g/mol. The molecule has 0 bridgehead atoms. The van der Waals surface area contributed by atoms with Crippen molar-refractivity contribution in [1.82, 2.24) is 4.98 Å². The summed E-state index contributed by atoms with van der Waals surface area (Å²) in [5, 5.41) is 10.3. The number of nitrogens with one attached hydrogen (secondary N) is 1. The standard InChI is InChI=1S/C16H15NO2/c18-10-13-9-17-16-7-6-14(8-15(13)16)19-11-12-4-2-1-3-5-12/h1-9,17-18H,10-11H2. The number of fused-ring (bicyclic) bond motifs is 1. The lowest BCUT2D eigenvalue weighted by molar-refractivity contribution is 0.283. The summed E-state index contributed by atoms with van der Waals surface area (Å²) in [5.41, 5.74) is 3.04. The van der Waals surface area contributed by atoms with Crippen LogP contribution in [0.25, 0.3) is 10.9 Å². The van der Waals surface area contributed by atoms with E-state index in [2.05, 4.69) is 4.98 Å². The summed E-state index contributed by atoms with van der Waals surface area (Å²) in [6.07, 6.45) is 1.83. The van der Waals surface area contributed by atoms with Gasteiger partial charge in [-0.25, -0.2) is 0 Å². The summed E-state index contributed by atoms with van der Waals surface area (Å²) in [4.78, 5) is 3.12. The van der Waals surface area contributed by atoms with Gasteiger partial charge in [-0.05, 0) is 23.8 Å². The van der Waals surface area contributed by atoms with Crippen molar-refractivity contribution >= 4 is 10.9 Å². The molecule has 0 aliphatic carbocycles. The Hall–Kier alpha value is -2.26. The van der Waals surface area contributed by atoms with Crippen molar-refractivity contribution in [2.24, 2.45) is 0 Å². The van der Waals surface area contributed by atoms with Crippen LogP contribution in [0.2, 0.25) is 0 Å². The number of aromatic amines is 1. The van der Waals surface area contributed by atoms with E-state index in [-0.39, 0.29) is 6.61 Å². The Labute approximate surface area is 111 Å². The van der Waals surface area contributed by atoms with E-state index in [0.717, 1.165) is 27.8 Å². The van der Waals surface area contributed by atoms with E-state index < -0.39 is 0 Å². The van der Waals surface area contributed by atoms with Crippen LogP contribution in [0, 0.1) is 0 Å². The molecule has 1 heterocycles. The highest BCUT2D eigenvalue weighted by atomic mass is 16.5. The van der Waals surface area contributed by atoms with Gasteiger partial charge in [0.15, 0.2) is 0 Å². The van der Waals surface area contributed by atoms with E-state index in [9.17, 15) is 5.11 Å². The highest BCUT2D eigenvalue weighted by Crippen LogP contribution is 2.24. The molecule has 3 aromatic rings. The number of ether oxygens (including phenoxy) is 1. The Morgan fingerprint density at radius 1 is 1.05 bits per heavy atom. The molecule has 0 aliphatic rings. The molecule has 0 aliphatic heterocycles. The minimum absolute atomic E-state index is 0.0299. The lowest BCUT2D eigenvalue weighted by atomic mass is 10.2. The van der Waals surface area contributed by atoms with Crippen molar-refractivity contribution in [1.29, 1.82) is 0 Å². The predicted molar refractivity (Wildman–Crippen MR) is 75.0 cm³/mol. The van der Waals surface area contributed by atoms with Crippen molar-refractivity contribution in [3.63, 3.8) is 0 Å². The van der Waals surface area contributed by atoms with Crippen LogP contribution in [0.5, 0.6) is 5.75 Å². The van der Waals surface area contributed by atoms with Gasteiger partial charge in [0.1, 0.15) is 12.4 Å². The van der Waals surface area contributed by atoms with E-state index in [1.54, 1.807) is 0 Å². The molecule has 3 nitrogen and oxygen atoms in total. The van der Waals surface area contributed by atoms with Gasteiger partial charge >= 0.3 is 0 Å². The van der Waals surface area contributed by atoms with Crippen molar-refractivity contribution in [2.75, 3.05) is 0 Å². The third-order valence-electron chi connectivity index (χ3n) is 3.16. The van der Waals surface area contributed by atoms with E-state index in [4.69, 9.17) is 4.74 Å². The first kappa shape index (κ1) is 11.8. The van der Waals surface area contributed by atoms with Crippen molar-refractivity contribution in [3.05, 3.63) is 65.9 Å². The molecule has 0 atom stereocenters. The van der Waals surface area contributed by atoms with Crippen LogP contribution in [-0.4, -0.2) is 10.1 Å². The smallest absolute Gasteiger partial charge is 0.120 e. The molecule has 3 rings (SSSR count). The van der Waals surface area contributed by atoms with Crippen LogP contribution in [0.4, 0.5) is 0 Å². The number of H-pyrrole nitrogens is 1. The summed E-state index contributed by atoms with van der Waals surface area (Å²) in [5.74, 6) is 0.811. The van der Waals surface area contributed by atoms with Gasteiger partial charge in [-0.15, -0.1) is 0 Å². The number of hydrogen-bond acceptors (Lipinski definition) is 2. The average Bonchev–Trinajstić information content (AvgIpc) is 2.88. The molecule has 1 aromatic heterocycles. The van der Waals surface area contributed by atoms with Crippen LogP contribution in [0.1, 0.15) is 11.1 Å². The van der Waals surface area contributed by atoms with Gasteiger partial charge in [-0.2, -0.15) is 0 Å². The molecule has 0 unspecified atom stereocenters. The molecular formula is C16H15NO2. The molecule has 0 spiro atoms. The van der Waals surface area contributed by atoms with Gasteiger partial charge in [0, 0.05) is 22.7 Å². The molecule has 19 heavy (non-hydrogen) atoms. The Morgan fingerprint density at radius 3 is 2.68 bits per heavy atom. The van der Waals surface area contributed by atoms with Crippen molar-refractivity contribution < 1.29 is 9.84 Å². The molecule has 0 fully saturated rings. The van der Waals surface area contributed by atoms with Crippen molar-refractivity contribution in [3.8, 4) is 5.75 Å². The van der Waals surface area contributed by atoms with Crippen LogP contribution in [0.3, 0.4) is 0 Å². The lowest BCUT2D eigenvalue weighted by Gasteiger charge is -2.06. The first-order valence-electron chi connectivity index (χ1n) is 6.24. The van der Waals surface area contributed by atoms with Gasteiger partial charge in [0.05, 0.1) is 6.61 Å². The van der Waals surface area contributed by atoms with E-state index in [1.807, 2.05) is 54.7 Å². The third-order valence-corrected chi connectivity index (χ3v) is 3.16. The molecule has 2 N–H and O–H groups in total. The normalized spacial score (nSPS) is 10.8. The second-order valence-electron chi connectivity index (χ2n) is 4.45. The second kappa shape index (κ2) is 5.16. The number of benzene rings is 2. The summed E-state index contributed by atoms with van der Waals surface area (Å²) in [6.45, 7) is 0.577. The van der Waals surface area contributed by atoms with Gasteiger partial charge in [-0.1, -0.05) is 30.3 Å². The minimum atomic E-state index is 0.0299.